The zero-order valence-corrected chi connectivity index (χ0v) is 10.8. The molecule has 0 saturated heterocycles. The second-order valence-corrected chi connectivity index (χ2v) is 4.62. The van der Waals surface area contributed by atoms with Crippen molar-refractivity contribution in [1.82, 2.24) is 0 Å². The number of carbonyl (C=O) groups is 1. The number of hydrogen-bond acceptors (Lipinski definition) is 2. The van der Waals surface area contributed by atoms with Crippen LogP contribution in [0.15, 0.2) is 60.7 Å². The average molecular weight is 254 g/mol. The Morgan fingerprint density at radius 2 is 1.53 bits per heavy atom. The maximum atomic E-state index is 11.9. The lowest BCUT2D eigenvalue weighted by Gasteiger charge is -2.09. The minimum Gasteiger partial charge on any atom is -0.385 e. The number of Topliss-reactive ketones (excluding diaryl/α,β-unsaturated/α-hetero) is 1. The smallest absolute Gasteiger partial charge is 0.191 e. The molecule has 0 unspecified atom stereocenters. The molecule has 2 heteroatoms. The van der Waals surface area contributed by atoms with Gasteiger partial charge in [0.25, 0.3) is 0 Å². The first kappa shape index (κ1) is 13.5. The van der Waals surface area contributed by atoms with Crippen LogP contribution < -0.4 is 0 Å². The summed E-state index contributed by atoms with van der Waals surface area (Å²) in [6, 6.07) is 19.1. The van der Waals surface area contributed by atoms with Crippen LogP contribution in [0.2, 0.25) is 0 Å². The largest absolute Gasteiger partial charge is 0.385 e. The number of aliphatic hydroxyl groups excluding tert-OH is 1. The van der Waals surface area contributed by atoms with Crippen molar-refractivity contribution in [2.24, 2.45) is 0 Å². The van der Waals surface area contributed by atoms with Gasteiger partial charge in [-0.2, -0.15) is 0 Å². The molecular weight excluding hydrogens is 236 g/mol. The molecule has 0 heterocycles. The molecule has 0 radical (unpaired) electrons. The summed E-state index contributed by atoms with van der Waals surface area (Å²) in [4.78, 5) is 11.9. The molecule has 0 bridgehead atoms. The van der Waals surface area contributed by atoms with Crippen molar-refractivity contribution in [3.8, 4) is 0 Å². The van der Waals surface area contributed by atoms with E-state index in [0.717, 1.165) is 12.8 Å². The van der Waals surface area contributed by atoms with Gasteiger partial charge in [-0.05, 0) is 24.8 Å². The number of benzene rings is 2. The van der Waals surface area contributed by atoms with Gasteiger partial charge >= 0.3 is 0 Å². The summed E-state index contributed by atoms with van der Waals surface area (Å²) in [6.07, 6.45) is 1.30. The van der Waals surface area contributed by atoms with Crippen LogP contribution in [0.4, 0.5) is 0 Å². The van der Waals surface area contributed by atoms with E-state index in [1.165, 1.54) is 5.56 Å². The maximum absolute atomic E-state index is 11.9. The Morgan fingerprint density at radius 3 is 2.16 bits per heavy atom. The standard InChI is InChI=1S/C17H18O2/c18-16(17(19)15-11-5-2-6-12-15)13-7-10-14-8-3-1-4-9-14/h1-6,8-9,11-12,16,18H,7,10,13H2/t16-/m0/s1. The first-order valence-electron chi connectivity index (χ1n) is 6.58. The fourth-order valence-corrected chi connectivity index (χ4v) is 2.07. The molecule has 19 heavy (non-hydrogen) atoms. The van der Waals surface area contributed by atoms with E-state index >= 15 is 0 Å². The van der Waals surface area contributed by atoms with E-state index in [2.05, 4.69) is 12.1 Å². The number of hydrogen-bond donors (Lipinski definition) is 1. The van der Waals surface area contributed by atoms with Gasteiger partial charge in [0.05, 0.1) is 0 Å². The third-order valence-corrected chi connectivity index (χ3v) is 3.15. The fraction of sp³-hybridized carbons (Fsp3) is 0.235. The van der Waals surface area contributed by atoms with Crippen molar-refractivity contribution >= 4 is 5.78 Å². The highest BCUT2D eigenvalue weighted by atomic mass is 16.3. The molecule has 2 aromatic rings. The maximum Gasteiger partial charge on any atom is 0.191 e. The number of aryl methyl sites for hydroxylation is 1. The van der Waals surface area contributed by atoms with Gasteiger partial charge in [-0.1, -0.05) is 60.7 Å². The Hall–Kier alpha value is -1.93. The zero-order chi connectivity index (χ0) is 13.5. The highest BCUT2D eigenvalue weighted by molar-refractivity contribution is 5.99. The fourth-order valence-electron chi connectivity index (χ4n) is 2.07. The Labute approximate surface area is 113 Å². The lowest BCUT2D eigenvalue weighted by molar-refractivity contribution is 0.0727. The Balaban J connectivity index is 1.82. The predicted octanol–water partition coefficient (Wildman–Crippen LogP) is 3.25. The molecule has 0 aliphatic rings. The molecule has 0 amide bonds. The quantitative estimate of drug-likeness (QED) is 0.803. The number of carbonyl (C=O) groups excluding carboxylic acids is 1. The molecule has 0 saturated carbocycles. The van der Waals surface area contributed by atoms with Crippen molar-refractivity contribution < 1.29 is 9.90 Å². The lowest BCUT2D eigenvalue weighted by Crippen LogP contribution is -2.20. The van der Waals surface area contributed by atoms with E-state index in [-0.39, 0.29) is 5.78 Å². The van der Waals surface area contributed by atoms with Gasteiger partial charge in [-0.15, -0.1) is 0 Å². The summed E-state index contributed by atoms with van der Waals surface area (Å²) < 4.78 is 0. The van der Waals surface area contributed by atoms with Crippen LogP contribution in [0.25, 0.3) is 0 Å². The van der Waals surface area contributed by atoms with Gasteiger partial charge < -0.3 is 5.11 Å². The SMILES string of the molecule is O=C(c1ccccc1)[C@@H](O)CCCc1ccccc1. The summed E-state index contributed by atoms with van der Waals surface area (Å²) in [5.41, 5.74) is 1.82. The molecule has 0 aliphatic carbocycles. The van der Waals surface area contributed by atoms with Crippen LogP contribution in [0.3, 0.4) is 0 Å². The first-order valence-corrected chi connectivity index (χ1v) is 6.58. The number of ketones is 1. The molecular formula is C17H18O2. The van der Waals surface area contributed by atoms with Crippen molar-refractivity contribution in [3.63, 3.8) is 0 Å². The van der Waals surface area contributed by atoms with Crippen molar-refractivity contribution in [1.29, 1.82) is 0 Å². The Bertz CT molecular complexity index is 505. The molecule has 0 fully saturated rings. The normalized spacial score (nSPS) is 12.1. The molecule has 98 valence electrons. The van der Waals surface area contributed by atoms with E-state index < -0.39 is 6.10 Å². The minimum atomic E-state index is -0.897. The Morgan fingerprint density at radius 1 is 0.947 bits per heavy atom. The summed E-state index contributed by atoms with van der Waals surface area (Å²) in [5.74, 6) is -0.186. The van der Waals surface area contributed by atoms with E-state index in [1.807, 2.05) is 36.4 Å². The number of aliphatic hydroxyl groups is 1. The molecule has 1 atom stereocenters. The Kier molecular flexibility index (Phi) is 4.87. The monoisotopic (exact) mass is 254 g/mol. The first-order chi connectivity index (χ1) is 9.27. The van der Waals surface area contributed by atoms with Gasteiger partial charge in [0.15, 0.2) is 5.78 Å². The van der Waals surface area contributed by atoms with Crippen LogP contribution in [-0.4, -0.2) is 17.0 Å². The van der Waals surface area contributed by atoms with E-state index in [1.54, 1.807) is 12.1 Å². The highest BCUT2D eigenvalue weighted by Crippen LogP contribution is 2.10. The molecule has 0 aromatic heterocycles. The van der Waals surface area contributed by atoms with Gasteiger partial charge in [0.1, 0.15) is 6.10 Å². The van der Waals surface area contributed by atoms with Crippen LogP contribution in [0.5, 0.6) is 0 Å². The summed E-state index contributed by atoms with van der Waals surface area (Å²) in [5, 5.41) is 9.90. The van der Waals surface area contributed by atoms with Crippen LogP contribution in [0, 0.1) is 0 Å². The number of rotatable bonds is 6. The third kappa shape index (κ3) is 4.04. The lowest BCUT2D eigenvalue weighted by atomic mass is 10.0. The minimum absolute atomic E-state index is 0.186. The van der Waals surface area contributed by atoms with Crippen molar-refractivity contribution in [3.05, 3.63) is 71.8 Å². The van der Waals surface area contributed by atoms with Crippen molar-refractivity contribution in [2.75, 3.05) is 0 Å². The summed E-state index contributed by atoms with van der Waals surface area (Å²) >= 11 is 0. The van der Waals surface area contributed by atoms with E-state index in [9.17, 15) is 9.90 Å². The zero-order valence-electron chi connectivity index (χ0n) is 10.8. The van der Waals surface area contributed by atoms with Crippen LogP contribution in [0.1, 0.15) is 28.8 Å². The summed E-state index contributed by atoms with van der Waals surface area (Å²) in [7, 11) is 0. The summed E-state index contributed by atoms with van der Waals surface area (Å²) in [6.45, 7) is 0. The van der Waals surface area contributed by atoms with Gasteiger partial charge in [0, 0.05) is 5.56 Å². The molecule has 1 N–H and O–H groups in total. The second-order valence-electron chi connectivity index (χ2n) is 4.62. The molecule has 0 spiro atoms. The molecule has 0 aliphatic heterocycles. The van der Waals surface area contributed by atoms with Gasteiger partial charge in [-0.3, -0.25) is 4.79 Å². The third-order valence-electron chi connectivity index (χ3n) is 3.15. The van der Waals surface area contributed by atoms with Gasteiger partial charge in [-0.25, -0.2) is 0 Å². The van der Waals surface area contributed by atoms with E-state index in [0.29, 0.717) is 12.0 Å². The predicted molar refractivity (Wildman–Crippen MR) is 76.2 cm³/mol. The molecule has 2 aromatic carbocycles. The second kappa shape index (κ2) is 6.86. The molecule has 2 rings (SSSR count). The van der Waals surface area contributed by atoms with Crippen LogP contribution >= 0.6 is 0 Å². The molecule has 2 nitrogen and oxygen atoms in total. The van der Waals surface area contributed by atoms with Crippen LogP contribution in [-0.2, 0) is 6.42 Å². The average Bonchev–Trinajstić information content (AvgIpc) is 2.48. The van der Waals surface area contributed by atoms with E-state index in [4.69, 9.17) is 0 Å². The highest BCUT2D eigenvalue weighted by Gasteiger charge is 2.16. The topological polar surface area (TPSA) is 37.3 Å². The van der Waals surface area contributed by atoms with Gasteiger partial charge in [0.2, 0.25) is 0 Å². The van der Waals surface area contributed by atoms with Crippen molar-refractivity contribution in [2.45, 2.75) is 25.4 Å².